The van der Waals surface area contributed by atoms with E-state index in [1.807, 2.05) is 0 Å². The Morgan fingerprint density at radius 3 is 2.50 bits per heavy atom. The van der Waals surface area contributed by atoms with Gasteiger partial charge in [-0.25, -0.2) is 0 Å². The molecule has 4 nitrogen and oxygen atoms in total. The molecule has 0 aliphatic heterocycles. The molecular weight excluding hydrogens is 235 g/mol. The van der Waals surface area contributed by atoms with Gasteiger partial charge in [0.05, 0.1) is 4.92 Å². The van der Waals surface area contributed by atoms with Crippen molar-refractivity contribution in [3.63, 3.8) is 0 Å². The van der Waals surface area contributed by atoms with Crippen molar-refractivity contribution in [3.05, 3.63) is 39.7 Å². The first-order valence-corrected chi connectivity index (χ1v) is 5.88. The molecule has 100 valence electrons. The van der Waals surface area contributed by atoms with Crippen molar-refractivity contribution in [1.29, 1.82) is 0 Å². The number of nitro groups is 1. The summed E-state index contributed by atoms with van der Waals surface area (Å²) < 4.78 is 13.4. The number of rotatable bonds is 4. The smallest absolute Gasteiger partial charge is 0.304 e. The third kappa shape index (κ3) is 3.77. The lowest BCUT2D eigenvalue weighted by molar-refractivity contribution is -0.387. The summed E-state index contributed by atoms with van der Waals surface area (Å²) in [7, 11) is 0. The lowest BCUT2D eigenvalue weighted by Crippen LogP contribution is -2.37. The number of halogens is 1. The number of benzene rings is 1. The van der Waals surface area contributed by atoms with Crippen molar-refractivity contribution in [3.8, 4) is 0 Å². The molecule has 0 spiro atoms. The highest BCUT2D eigenvalue weighted by molar-refractivity contribution is 5.34. The Kier molecular flexibility index (Phi) is 4.40. The molecule has 1 aromatic rings. The fraction of sp³-hybridized carbons (Fsp3) is 0.538. The van der Waals surface area contributed by atoms with Gasteiger partial charge in [0.1, 0.15) is 0 Å². The number of nitro benzene ring substituents is 1. The summed E-state index contributed by atoms with van der Waals surface area (Å²) in [4.78, 5) is 9.76. The van der Waals surface area contributed by atoms with E-state index in [9.17, 15) is 14.5 Å². The Bertz CT molecular complexity index is 441. The zero-order chi connectivity index (χ0) is 13.9. The fourth-order valence-corrected chi connectivity index (χ4v) is 1.39. The zero-order valence-electron chi connectivity index (χ0n) is 11.2. The average molecular weight is 254 g/mol. The minimum absolute atomic E-state index is 0.110. The molecule has 0 aliphatic carbocycles. The van der Waals surface area contributed by atoms with E-state index in [-0.39, 0.29) is 11.5 Å². The van der Waals surface area contributed by atoms with Crippen molar-refractivity contribution < 1.29 is 9.31 Å². The van der Waals surface area contributed by atoms with Crippen molar-refractivity contribution >= 4 is 5.69 Å². The van der Waals surface area contributed by atoms with Gasteiger partial charge in [0.2, 0.25) is 5.82 Å². The largest absolute Gasteiger partial charge is 0.310 e. The molecule has 0 bridgehead atoms. The maximum absolute atomic E-state index is 13.4. The molecule has 0 fully saturated rings. The molecule has 1 aromatic carbocycles. The first-order valence-electron chi connectivity index (χ1n) is 5.88. The third-order valence-corrected chi connectivity index (χ3v) is 3.12. The summed E-state index contributed by atoms with van der Waals surface area (Å²) in [5.41, 5.74) is 0.330. The number of hydrogen-bond donors (Lipinski definition) is 1. The second-order valence-corrected chi connectivity index (χ2v) is 5.51. The molecule has 0 aliphatic rings. The monoisotopic (exact) mass is 254 g/mol. The molecule has 1 N–H and O–H groups in total. The summed E-state index contributed by atoms with van der Waals surface area (Å²) in [5.74, 6) is -0.789. The summed E-state index contributed by atoms with van der Waals surface area (Å²) >= 11 is 0. The van der Waals surface area contributed by atoms with Crippen molar-refractivity contribution in [1.82, 2.24) is 5.32 Å². The Hall–Kier alpha value is -1.49. The number of nitrogens with one attached hydrogen (secondary N) is 1. The standard InChI is InChI=1S/C13H19FN2O2/c1-9(13(2,3)4)15-8-10-5-6-12(16(17)18)11(14)7-10/h5-7,9,15H,8H2,1-4H3. The second-order valence-electron chi connectivity index (χ2n) is 5.51. The van der Waals surface area contributed by atoms with E-state index < -0.39 is 16.4 Å². The highest BCUT2D eigenvalue weighted by Crippen LogP contribution is 2.20. The van der Waals surface area contributed by atoms with Gasteiger partial charge in [-0.2, -0.15) is 4.39 Å². The van der Waals surface area contributed by atoms with E-state index in [1.165, 1.54) is 12.1 Å². The summed E-state index contributed by atoms with van der Waals surface area (Å²) in [6.07, 6.45) is 0. The summed E-state index contributed by atoms with van der Waals surface area (Å²) in [6, 6.07) is 4.24. The number of hydrogen-bond acceptors (Lipinski definition) is 3. The van der Waals surface area contributed by atoms with Crippen LogP contribution in [0.1, 0.15) is 33.3 Å². The molecular formula is C13H19FN2O2. The SMILES string of the molecule is CC(NCc1ccc([N+](=O)[O-])c(F)c1)C(C)(C)C. The normalized spacial score (nSPS) is 13.4. The first kappa shape index (κ1) is 14.6. The molecule has 0 radical (unpaired) electrons. The minimum Gasteiger partial charge on any atom is -0.310 e. The van der Waals surface area contributed by atoms with Crippen LogP contribution in [0.15, 0.2) is 18.2 Å². The molecule has 0 saturated heterocycles. The lowest BCUT2D eigenvalue weighted by Gasteiger charge is -2.28. The van der Waals surface area contributed by atoms with Gasteiger partial charge < -0.3 is 5.32 Å². The van der Waals surface area contributed by atoms with Crippen LogP contribution in [0, 0.1) is 21.3 Å². The van der Waals surface area contributed by atoms with Crippen molar-refractivity contribution in [2.45, 2.75) is 40.3 Å². The quantitative estimate of drug-likeness (QED) is 0.662. The highest BCUT2D eigenvalue weighted by atomic mass is 19.1. The van der Waals surface area contributed by atoms with E-state index in [0.717, 1.165) is 0 Å². The molecule has 18 heavy (non-hydrogen) atoms. The molecule has 0 aromatic heterocycles. The van der Waals surface area contributed by atoms with E-state index in [1.54, 1.807) is 6.07 Å². The van der Waals surface area contributed by atoms with Gasteiger partial charge in [0.25, 0.3) is 0 Å². The lowest BCUT2D eigenvalue weighted by atomic mass is 9.88. The van der Waals surface area contributed by atoms with Gasteiger partial charge in [-0.15, -0.1) is 0 Å². The molecule has 0 saturated carbocycles. The van der Waals surface area contributed by atoms with Crippen LogP contribution in [0.4, 0.5) is 10.1 Å². The summed E-state index contributed by atoms with van der Waals surface area (Å²) in [6.45, 7) is 8.89. The Morgan fingerprint density at radius 1 is 1.44 bits per heavy atom. The molecule has 1 atom stereocenters. The molecule has 1 rings (SSSR count). The summed E-state index contributed by atoms with van der Waals surface area (Å²) in [5, 5.41) is 13.8. The minimum atomic E-state index is -0.789. The topological polar surface area (TPSA) is 55.2 Å². The van der Waals surface area contributed by atoms with Crippen LogP contribution in [0.2, 0.25) is 0 Å². The van der Waals surface area contributed by atoms with Crippen molar-refractivity contribution in [2.75, 3.05) is 0 Å². The third-order valence-electron chi connectivity index (χ3n) is 3.12. The van der Waals surface area contributed by atoms with Crippen LogP contribution in [0.5, 0.6) is 0 Å². The average Bonchev–Trinajstić information content (AvgIpc) is 2.24. The van der Waals surface area contributed by atoms with Crippen LogP contribution >= 0.6 is 0 Å². The van der Waals surface area contributed by atoms with Gasteiger partial charge in [-0.3, -0.25) is 10.1 Å². The second kappa shape index (κ2) is 5.44. The van der Waals surface area contributed by atoms with Gasteiger partial charge >= 0.3 is 5.69 Å². The molecule has 0 heterocycles. The van der Waals surface area contributed by atoms with Crippen LogP contribution < -0.4 is 5.32 Å². The van der Waals surface area contributed by atoms with E-state index >= 15 is 0 Å². The Balaban J connectivity index is 2.70. The molecule has 0 amide bonds. The number of nitrogens with zero attached hydrogens (tertiary/aromatic N) is 1. The predicted octanol–water partition coefficient (Wildman–Crippen LogP) is 3.26. The maximum atomic E-state index is 13.4. The van der Waals surface area contributed by atoms with Crippen molar-refractivity contribution in [2.24, 2.45) is 5.41 Å². The highest BCUT2D eigenvalue weighted by Gasteiger charge is 2.19. The van der Waals surface area contributed by atoms with Crippen LogP contribution in [-0.2, 0) is 6.54 Å². The van der Waals surface area contributed by atoms with Crippen LogP contribution in [0.25, 0.3) is 0 Å². The van der Waals surface area contributed by atoms with Crippen LogP contribution in [-0.4, -0.2) is 11.0 Å². The fourth-order valence-electron chi connectivity index (χ4n) is 1.39. The van der Waals surface area contributed by atoms with E-state index in [4.69, 9.17) is 0 Å². The van der Waals surface area contributed by atoms with E-state index in [0.29, 0.717) is 12.1 Å². The Morgan fingerprint density at radius 2 is 2.06 bits per heavy atom. The van der Waals surface area contributed by atoms with Gasteiger partial charge in [-0.1, -0.05) is 26.8 Å². The van der Waals surface area contributed by atoms with Crippen LogP contribution in [0.3, 0.4) is 0 Å². The molecule has 5 heteroatoms. The zero-order valence-corrected chi connectivity index (χ0v) is 11.2. The van der Waals surface area contributed by atoms with E-state index in [2.05, 4.69) is 33.0 Å². The predicted molar refractivity (Wildman–Crippen MR) is 68.8 cm³/mol. The maximum Gasteiger partial charge on any atom is 0.304 e. The van der Waals surface area contributed by atoms with Gasteiger partial charge in [-0.05, 0) is 24.0 Å². The van der Waals surface area contributed by atoms with Gasteiger partial charge in [0.15, 0.2) is 0 Å². The first-order chi connectivity index (χ1) is 8.21. The molecule has 1 unspecified atom stereocenters. The van der Waals surface area contributed by atoms with Gasteiger partial charge in [0, 0.05) is 18.7 Å². The Labute approximate surface area is 106 Å².